The van der Waals surface area contributed by atoms with E-state index < -0.39 is 18.3 Å². The van der Waals surface area contributed by atoms with Crippen LogP contribution in [0.1, 0.15) is 20.3 Å². The Balaban J connectivity index is 3.82. The molecule has 3 heteroatoms. The van der Waals surface area contributed by atoms with E-state index in [1.54, 1.807) is 6.92 Å². The molecule has 0 fully saturated rings. The Kier molecular flexibility index (Phi) is 5.13. The fourth-order valence-electron chi connectivity index (χ4n) is 0.874. The fraction of sp³-hybridized carbons (Fsp3) is 0.778. The minimum Gasteiger partial charge on any atom is -0.393 e. The maximum absolute atomic E-state index is 9.30. The molecule has 0 aliphatic carbocycles. The number of aliphatic hydroxyl groups is 3. The average Bonchev–Trinajstić information content (AvgIpc) is 2.02. The molecule has 3 N–H and O–H groups in total. The summed E-state index contributed by atoms with van der Waals surface area (Å²) in [6, 6.07) is 0. The Morgan fingerprint density at radius 1 is 1.25 bits per heavy atom. The average molecular weight is 174 g/mol. The molecule has 0 aromatic rings. The van der Waals surface area contributed by atoms with Crippen LogP contribution < -0.4 is 0 Å². The first-order chi connectivity index (χ1) is 5.49. The van der Waals surface area contributed by atoms with Gasteiger partial charge in [-0.1, -0.05) is 13.0 Å². The van der Waals surface area contributed by atoms with E-state index in [2.05, 4.69) is 6.58 Å². The summed E-state index contributed by atoms with van der Waals surface area (Å²) in [4.78, 5) is 0. The Hall–Kier alpha value is -0.380. The molecule has 0 heterocycles. The van der Waals surface area contributed by atoms with Gasteiger partial charge < -0.3 is 15.3 Å². The number of aliphatic hydroxyl groups excluding tert-OH is 3. The maximum Gasteiger partial charge on any atom is 0.0977 e. The van der Waals surface area contributed by atoms with Crippen LogP contribution in [0.25, 0.3) is 0 Å². The molecule has 0 saturated carbocycles. The van der Waals surface area contributed by atoms with Gasteiger partial charge in [-0.15, -0.1) is 6.58 Å². The summed E-state index contributed by atoms with van der Waals surface area (Å²) in [6.45, 7) is 6.85. The lowest BCUT2D eigenvalue weighted by Crippen LogP contribution is -2.28. The van der Waals surface area contributed by atoms with Gasteiger partial charge in [-0.05, 0) is 19.3 Å². The van der Waals surface area contributed by atoms with Gasteiger partial charge in [0.25, 0.3) is 0 Å². The molecule has 72 valence electrons. The smallest absolute Gasteiger partial charge is 0.0977 e. The Labute approximate surface area is 73.4 Å². The van der Waals surface area contributed by atoms with Crippen molar-refractivity contribution in [3.63, 3.8) is 0 Å². The molecular weight excluding hydrogens is 156 g/mol. The summed E-state index contributed by atoms with van der Waals surface area (Å²) in [7, 11) is 0. The van der Waals surface area contributed by atoms with Gasteiger partial charge in [-0.25, -0.2) is 0 Å². The lowest BCUT2D eigenvalue weighted by molar-refractivity contribution is 0.0150. The minimum atomic E-state index is -0.897. The van der Waals surface area contributed by atoms with Crippen molar-refractivity contribution in [3.8, 4) is 0 Å². The molecule has 0 aliphatic heterocycles. The van der Waals surface area contributed by atoms with Crippen molar-refractivity contribution in [2.24, 2.45) is 5.92 Å². The first-order valence-corrected chi connectivity index (χ1v) is 4.15. The first-order valence-electron chi connectivity index (χ1n) is 4.15. The Morgan fingerprint density at radius 2 is 1.75 bits per heavy atom. The van der Waals surface area contributed by atoms with Gasteiger partial charge >= 0.3 is 0 Å². The summed E-state index contributed by atoms with van der Waals surface area (Å²) in [5.41, 5.74) is 0. The molecule has 3 nitrogen and oxygen atoms in total. The van der Waals surface area contributed by atoms with Gasteiger partial charge in [0, 0.05) is 0 Å². The molecule has 4 atom stereocenters. The molecular formula is C9H18O3. The highest BCUT2D eigenvalue weighted by Gasteiger charge is 2.18. The quantitative estimate of drug-likeness (QED) is 0.525. The number of hydrogen-bond acceptors (Lipinski definition) is 3. The van der Waals surface area contributed by atoms with Crippen LogP contribution >= 0.6 is 0 Å². The van der Waals surface area contributed by atoms with E-state index in [4.69, 9.17) is 10.2 Å². The molecule has 2 unspecified atom stereocenters. The monoisotopic (exact) mass is 174 g/mol. The molecule has 0 rings (SSSR count). The molecule has 0 aromatic heterocycles. The van der Waals surface area contributed by atoms with E-state index in [1.807, 2.05) is 6.92 Å². The Bertz CT molecular complexity index is 134. The van der Waals surface area contributed by atoms with Crippen molar-refractivity contribution < 1.29 is 15.3 Å². The van der Waals surface area contributed by atoms with Crippen LogP contribution in [-0.2, 0) is 0 Å². The van der Waals surface area contributed by atoms with Crippen LogP contribution in [0, 0.1) is 5.92 Å². The van der Waals surface area contributed by atoms with Crippen LogP contribution in [0.3, 0.4) is 0 Å². The topological polar surface area (TPSA) is 60.7 Å². The molecule has 0 aliphatic rings. The normalized spacial score (nSPS) is 21.1. The Morgan fingerprint density at radius 3 is 2.08 bits per heavy atom. The highest BCUT2D eigenvalue weighted by atomic mass is 16.3. The van der Waals surface area contributed by atoms with Gasteiger partial charge in [-0.3, -0.25) is 0 Å². The van der Waals surface area contributed by atoms with Gasteiger partial charge in [-0.2, -0.15) is 0 Å². The maximum atomic E-state index is 9.30. The second kappa shape index (κ2) is 5.30. The lowest BCUT2D eigenvalue weighted by atomic mass is 9.96. The zero-order valence-corrected chi connectivity index (χ0v) is 7.64. The molecule has 0 radical (unpaired) electrons. The van der Waals surface area contributed by atoms with Crippen molar-refractivity contribution >= 4 is 0 Å². The third-order valence-corrected chi connectivity index (χ3v) is 2.07. The lowest BCUT2D eigenvalue weighted by Gasteiger charge is -2.20. The predicted molar refractivity (Wildman–Crippen MR) is 47.7 cm³/mol. The van der Waals surface area contributed by atoms with E-state index >= 15 is 0 Å². The van der Waals surface area contributed by atoms with Crippen LogP contribution in [0.15, 0.2) is 12.7 Å². The third kappa shape index (κ3) is 3.85. The molecule has 0 amide bonds. The SMILES string of the molecule is C=C[C@@H](O)[C@H](O)CC(C)C(C)O. The highest BCUT2D eigenvalue weighted by molar-refractivity contribution is 4.85. The summed E-state index contributed by atoms with van der Waals surface area (Å²) < 4.78 is 0. The van der Waals surface area contributed by atoms with E-state index in [0.717, 1.165) is 0 Å². The van der Waals surface area contributed by atoms with Gasteiger partial charge in [0.2, 0.25) is 0 Å². The van der Waals surface area contributed by atoms with E-state index in [-0.39, 0.29) is 5.92 Å². The van der Waals surface area contributed by atoms with Crippen molar-refractivity contribution in [2.45, 2.75) is 38.6 Å². The standard InChI is InChI=1S/C9H18O3/c1-4-8(11)9(12)5-6(2)7(3)10/h4,6-12H,1,5H2,2-3H3/t6?,7?,8-,9-/m1/s1. The molecule has 0 bridgehead atoms. The van der Waals surface area contributed by atoms with Crippen molar-refractivity contribution in [3.05, 3.63) is 12.7 Å². The number of rotatable bonds is 5. The fourth-order valence-corrected chi connectivity index (χ4v) is 0.874. The van der Waals surface area contributed by atoms with E-state index in [0.29, 0.717) is 6.42 Å². The largest absolute Gasteiger partial charge is 0.393 e. The second-order valence-corrected chi connectivity index (χ2v) is 3.25. The van der Waals surface area contributed by atoms with Crippen LogP contribution in [-0.4, -0.2) is 33.6 Å². The first kappa shape index (κ1) is 11.6. The summed E-state index contributed by atoms with van der Waals surface area (Å²) >= 11 is 0. The molecule has 12 heavy (non-hydrogen) atoms. The second-order valence-electron chi connectivity index (χ2n) is 3.25. The van der Waals surface area contributed by atoms with Crippen LogP contribution in [0.4, 0.5) is 0 Å². The van der Waals surface area contributed by atoms with Crippen molar-refractivity contribution in [2.75, 3.05) is 0 Å². The van der Waals surface area contributed by atoms with E-state index in [9.17, 15) is 5.11 Å². The zero-order valence-electron chi connectivity index (χ0n) is 7.64. The van der Waals surface area contributed by atoms with E-state index in [1.165, 1.54) is 6.08 Å². The van der Waals surface area contributed by atoms with Gasteiger partial charge in [0.15, 0.2) is 0 Å². The van der Waals surface area contributed by atoms with Gasteiger partial charge in [0.05, 0.1) is 18.3 Å². The van der Waals surface area contributed by atoms with Gasteiger partial charge in [0.1, 0.15) is 0 Å². The van der Waals surface area contributed by atoms with Crippen LogP contribution in [0.5, 0.6) is 0 Å². The third-order valence-electron chi connectivity index (χ3n) is 2.07. The summed E-state index contributed by atoms with van der Waals surface area (Å²) in [5.74, 6) is -0.0189. The summed E-state index contributed by atoms with van der Waals surface area (Å²) in [6.07, 6.45) is -0.514. The molecule has 0 saturated heterocycles. The molecule has 0 aromatic carbocycles. The summed E-state index contributed by atoms with van der Waals surface area (Å²) in [5, 5.41) is 27.5. The number of hydrogen-bond donors (Lipinski definition) is 3. The predicted octanol–water partition coefficient (Wildman–Crippen LogP) is 0.301. The molecule has 0 spiro atoms. The van der Waals surface area contributed by atoms with Crippen molar-refractivity contribution in [1.82, 2.24) is 0 Å². The highest BCUT2D eigenvalue weighted by Crippen LogP contribution is 2.13. The van der Waals surface area contributed by atoms with Crippen molar-refractivity contribution in [1.29, 1.82) is 0 Å². The minimum absolute atomic E-state index is 0.0189. The zero-order chi connectivity index (χ0) is 9.72. The van der Waals surface area contributed by atoms with Crippen LogP contribution in [0.2, 0.25) is 0 Å².